The Kier molecular flexibility index (Phi) is 9.77. The van der Waals surface area contributed by atoms with Crippen LogP contribution in [0.1, 0.15) is 35.6 Å². The third-order valence-electron chi connectivity index (χ3n) is 4.13. The lowest BCUT2D eigenvalue weighted by Gasteiger charge is -2.35. The molecule has 1 aliphatic rings. The van der Waals surface area contributed by atoms with E-state index in [1.54, 1.807) is 0 Å². The Labute approximate surface area is 146 Å². The summed E-state index contributed by atoms with van der Waals surface area (Å²) in [6.45, 7) is 12.1. The van der Waals surface area contributed by atoms with E-state index in [9.17, 15) is 5.11 Å². The maximum absolute atomic E-state index is 9.96. The van der Waals surface area contributed by atoms with Gasteiger partial charge in [-0.25, -0.2) is 0 Å². The van der Waals surface area contributed by atoms with Crippen molar-refractivity contribution in [3.8, 4) is 5.75 Å². The Morgan fingerprint density at radius 3 is 2.27 bits per heavy atom. The van der Waals surface area contributed by atoms with Gasteiger partial charge in [-0.2, -0.15) is 0 Å². The highest BCUT2D eigenvalue weighted by atomic mass is 35.5. The van der Waals surface area contributed by atoms with Gasteiger partial charge in [0.25, 0.3) is 0 Å². The number of benzene rings is 1. The lowest BCUT2D eigenvalue weighted by atomic mass is 9.95. The van der Waals surface area contributed by atoms with Gasteiger partial charge >= 0.3 is 0 Å². The summed E-state index contributed by atoms with van der Waals surface area (Å²) in [5.74, 6) is 0.427. The second-order valence-electron chi connectivity index (χ2n) is 5.67. The van der Waals surface area contributed by atoms with Gasteiger partial charge in [0.2, 0.25) is 0 Å². The van der Waals surface area contributed by atoms with Gasteiger partial charge in [-0.3, -0.25) is 4.90 Å². The molecule has 1 aromatic carbocycles. The van der Waals surface area contributed by atoms with Crippen molar-refractivity contribution in [3.63, 3.8) is 0 Å². The summed E-state index contributed by atoms with van der Waals surface area (Å²) < 4.78 is 0. The van der Waals surface area contributed by atoms with Crippen molar-refractivity contribution >= 4 is 24.8 Å². The molecular formula is C17H28Cl2N2O. The molecule has 126 valence electrons. The van der Waals surface area contributed by atoms with Gasteiger partial charge in [0, 0.05) is 32.2 Å². The number of nitrogens with one attached hydrogen (secondary N) is 1. The van der Waals surface area contributed by atoms with Crippen LogP contribution in [0.2, 0.25) is 0 Å². The van der Waals surface area contributed by atoms with E-state index in [-0.39, 0.29) is 24.8 Å². The minimum absolute atomic E-state index is 0. The quantitative estimate of drug-likeness (QED) is 0.796. The molecule has 1 aromatic rings. The molecular weight excluding hydrogens is 319 g/mol. The number of phenolic OH excluding ortho intramolecular Hbond substituents is 1. The SMILES string of the molecule is C=CCC[C@H](c1cc(C)c(O)c(C)c1)N1CCNCC1.Cl.Cl. The van der Waals surface area contributed by atoms with Gasteiger partial charge in [-0.1, -0.05) is 18.2 Å². The van der Waals surface area contributed by atoms with E-state index < -0.39 is 0 Å². The number of piperazine rings is 1. The average molecular weight is 347 g/mol. The fourth-order valence-corrected chi connectivity index (χ4v) is 3.01. The molecule has 0 unspecified atom stereocenters. The molecule has 0 spiro atoms. The number of hydrogen-bond acceptors (Lipinski definition) is 3. The maximum Gasteiger partial charge on any atom is 0.121 e. The third kappa shape index (κ3) is 5.17. The van der Waals surface area contributed by atoms with Gasteiger partial charge < -0.3 is 10.4 Å². The second kappa shape index (κ2) is 10.1. The van der Waals surface area contributed by atoms with Gasteiger partial charge in [0.15, 0.2) is 0 Å². The van der Waals surface area contributed by atoms with Crippen molar-refractivity contribution in [3.05, 3.63) is 41.5 Å². The largest absolute Gasteiger partial charge is 0.507 e. The van der Waals surface area contributed by atoms with Crippen molar-refractivity contribution < 1.29 is 5.11 Å². The summed E-state index contributed by atoms with van der Waals surface area (Å²) in [4.78, 5) is 2.55. The summed E-state index contributed by atoms with van der Waals surface area (Å²) in [6, 6.07) is 4.70. The van der Waals surface area contributed by atoms with Crippen molar-refractivity contribution in [1.29, 1.82) is 0 Å². The first-order valence-electron chi connectivity index (χ1n) is 7.49. The van der Waals surface area contributed by atoms with Gasteiger partial charge in [-0.05, 0) is 43.4 Å². The summed E-state index contributed by atoms with van der Waals surface area (Å²) in [5, 5.41) is 13.4. The first-order chi connectivity index (χ1) is 9.63. The summed E-state index contributed by atoms with van der Waals surface area (Å²) in [6.07, 6.45) is 4.11. The second-order valence-corrected chi connectivity index (χ2v) is 5.67. The lowest BCUT2D eigenvalue weighted by Crippen LogP contribution is -2.45. The monoisotopic (exact) mass is 346 g/mol. The summed E-state index contributed by atoms with van der Waals surface area (Å²) >= 11 is 0. The van der Waals surface area contributed by atoms with E-state index in [0.717, 1.165) is 50.1 Å². The zero-order chi connectivity index (χ0) is 14.5. The number of hydrogen-bond donors (Lipinski definition) is 2. The standard InChI is InChI=1S/C17H26N2O.2ClH/c1-4-5-6-16(19-9-7-18-8-10-19)15-11-13(2)17(20)14(3)12-15;;/h4,11-12,16,18,20H,1,5-10H2,2-3H3;2*1H/t16-;;/m1../s1. The minimum Gasteiger partial charge on any atom is -0.507 e. The molecule has 0 radical (unpaired) electrons. The third-order valence-corrected chi connectivity index (χ3v) is 4.13. The van der Waals surface area contributed by atoms with E-state index in [2.05, 4.69) is 28.9 Å². The molecule has 0 aromatic heterocycles. The molecule has 1 atom stereocenters. The van der Waals surface area contributed by atoms with Crippen LogP contribution in [0.25, 0.3) is 0 Å². The molecule has 1 heterocycles. The van der Waals surface area contributed by atoms with Crippen LogP contribution in [0.4, 0.5) is 0 Å². The number of rotatable bonds is 5. The summed E-state index contributed by atoms with van der Waals surface area (Å²) in [7, 11) is 0. The van der Waals surface area contributed by atoms with E-state index in [0.29, 0.717) is 11.8 Å². The molecule has 0 saturated carbocycles. The van der Waals surface area contributed by atoms with E-state index in [1.807, 2.05) is 19.9 Å². The fourth-order valence-electron chi connectivity index (χ4n) is 3.01. The molecule has 2 rings (SSSR count). The predicted octanol–water partition coefficient (Wildman–Crippen LogP) is 3.77. The summed E-state index contributed by atoms with van der Waals surface area (Å²) in [5.41, 5.74) is 3.26. The Hall–Kier alpha value is -0.740. The molecule has 1 saturated heterocycles. The van der Waals surface area contributed by atoms with Crippen molar-refractivity contribution in [2.45, 2.75) is 32.7 Å². The number of aromatic hydroxyl groups is 1. The van der Waals surface area contributed by atoms with Gasteiger partial charge in [-0.15, -0.1) is 31.4 Å². The van der Waals surface area contributed by atoms with Crippen LogP contribution < -0.4 is 5.32 Å². The zero-order valence-corrected chi connectivity index (χ0v) is 15.1. The maximum atomic E-state index is 9.96. The molecule has 3 nitrogen and oxygen atoms in total. The molecule has 0 aliphatic carbocycles. The highest BCUT2D eigenvalue weighted by Gasteiger charge is 2.22. The van der Waals surface area contributed by atoms with Crippen LogP contribution in [0.15, 0.2) is 24.8 Å². The topological polar surface area (TPSA) is 35.5 Å². The van der Waals surface area contributed by atoms with Crippen LogP contribution in [-0.2, 0) is 0 Å². The molecule has 2 N–H and O–H groups in total. The molecule has 0 amide bonds. The minimum atomic E-state index is 0. The molecule has 5 heteroatoms. The number of nitrogens with zero attached hydrogens (tertiary/aromatic N) is 1. The average Bonchev–Trinajstić information content (AvgIpc) is 2.46. The number of halogens is 2. The van der Waals surface area contributed by atoms with E-state index >= 15 is 0 Å². The highest BCUT2D eigenvalue weighted by Crippen LogP contribution is 2.31. The smallest absolute Gasteiger partial charge is 0.121 e. The fraction of sp³-hybridized carbons (Fsp3) is 0.529. The highest BCUT2D eigenvalue weighted by molar-refractivity contribution is 5.85. The number of allylic oxidation sites excluding steroid dienone is 1. The number of phenols is 1. The van der Waals surface area contributed by atoms with Crippen LogP contribution in [0, 0.1) is 13.8 Å². The van der Waals surface area contributed by atoms with Crippen molar-refractivity contribution in [2.24, 2.45) is 0 Å². The van der Waals surface area contributed by atoms with E-state index in [4.69, 9.17) is 0 Å². The van der Waals surface area contributed by atoms with Crippen molar-refractivity contribution in [2.75, 3.05) is 26.2 Å². The van der Waals surface area contributed by atoms with Crippen molar-refractivity contribution in [1.82, 2.24) is 10.2 Å². The Morgan fingerprint density at radius 2 is 1.77 bits per heavy atom. The molecule has 1 aliphatic heterocycles. The first kappa shape index (κ1) is 21.3. The number of aryl methyl sites for hydroxylation is 2. The van der Waals surface area contributed by atoms with Crippen LogP contribution in [0.5, 0.6) is 5.75 Å². The predicted molar refractivity (Wildman–Crippen MR) is 98.7 cm³/mol. The van der Waals surface area contributed by atoms with Crippen LogP contribution >= 0.6 is 24.8 Å². The first-order valence-corrected chi connectivity index (χ1v) is 7.49. The Balaban J connectivity index is 0.00000220. The van der Waals surface area contributed by atoms with E-state index in [1.165, 1.54) is 5.56 Å². The molecule has 1 fully saturated rings. The lowest BCUT2D eigenvalue weighted by molar-refractivity contribution is 0.166. The molecule has 0 bridgehead atoms. The zero-order valence-electron chi connectivity index (χ0n) is 13.5. The molecule has 22 heavy (non-hydrogen) atoms. The van der Waals surface area contributed by atoms with Crippen LogP contribution in [0.3, 0.4) is 0 Å². The van der Waals surface area contributed by atoms with Crippen LogP contribution in [-0.4, -0.2) is 36.2 Å². The normalized spacial score (nSPS) is 16.3. The van der Waals surface area contributed by atoms with Gasteiger partial charge in [0.1, 0.15) is 5.75 Å². The Morgan fingerprint density at radius 1 is 1.23 bits per heavy atom. The van der Waals surface area contributed by atoms with Gasteiger partial charge in [0.05, 0.1) is 0 Å². The Bertz CT molecular complexity index is 451.